The van der Waals surface area contributed by atoms with E-state index in [0.29, 0.717) is 12.0 Å². The third kappa shape index (κ3) is 3.21. The highest BCUT2D eigenvalue weighted by molar-refractivity contribution is 4.79. The van der Waals surface area contributed by atoms with Gasteiger partial charge in [-0.15, -0.1) is 0 Å². The molecule has 0 aromatic heterocycles. The normalized spacial score (nSPS) is 31.4. The van der Waals surface area contributed by atoms with E-state index >= 15 is 0 Å². The molecule has 1 rings (SSSR count). The predicted molar refractivity (Wildman–Crippen MR) is 48.8 cm³/mol. The molecule has 0 N–H and O–H groups in total. The van der Waals surface area contributed by atoms with Gasteiger partial charge in [-0.3, -0.25) is 0 Å². The molecule has 11 heavy (non-hydrogen) atoms. The Morgan fingerprint density at radius 1 is 1.27 bits per heavy atom. The van der Waals surface area contributed by atoms with Crippen molar-refractivity contribution in [2.45, 2.75) is 26.9 Å². The smallest absolute Gasteiger partial charge is 0.0735 e. The Morgan fingerprint density at radius 2 is 1.82 bits per heavy atom. The molecule has 1 fully saturated rings. The summed E-state index contributed by atoms with van der Waals surface area (Å²) < 4.78 is 5.25. The number of ether oxygens (including phenoxy) is 1. The van der Waals surface area contributed by atoms with E-state index in [2.05, 4.69) is 18.9 Å². The summed E-state index contributed by atoms with van der Waals surface area (Å²) in [7, 11) is 3.93. The van der Waals surface area contributed by atoms with Gasteiger partial charge in [0, 0.05) is 20.2 Å². The highest BCUT2D eigenvalue weighted by Crippen LogP contribution is 2.16. The van der Waals surface area contributed by atoms with Crippen molar-refractivity contribution in [3.8, 4) is 0 Å². The summed E-state index contributed by atoms with van der Waals surface area (Å²) in [6.45, 7) is 8.51. The lowest BCUT2D eigenvalue weighted by Crippen LogP contribution is -2.19. The Labute approximate surface area is 70.5 Å². The van der Waals surface area contributed by atoms with Gasteiger partial charge in [-0.25, -0.2) is 0 Å². The van der Waals surface area contributed by atoms with Gasteiger partial charge in [0.1, 0.15) is 0 Å². The van der Waals surface area contributed by atoms with Crippen molar-refractivity contribution < 1.29 is 4.74 Å². The molecular formula is C9H21NO. The monoisotopic (exact) mass is 159 g/mol. The van der Waals surface area contributed by atoms with Gasteiger partial charge in [-0.1, -0.05) is 20.8 Å². The van der Waals surface area contributed by atoms with E-state index in [-0.39, 0.29) is 0 Å². The summed E-state index contributed by atoms with van der Waals surface area (Å²) in [6, 6.07) is 0. The van der Waals surface area contributed by atoms with E-state index in [1.807, 2.05) is 13.8 Å². The first-order valence-corrected chi connectivity index (χ1v) is 4.45. The maximum Gasteiger partial charge on any atom is 0.0735 e. The molecule has 2 unspecified atom stereocenters. The van der Waals surface area contributed by atoms with Crippen LogP contribution in [0.4, 0.5) is 0 Å². The van der Waals surface area contributed by atoms with Gasteiger partial charge < -0.3 is 9.64 Å². The standard InChI is InChI=1S/C7H15NO.C2H6/c1-6-4-8(2)5-7(6)9-3;1-2/h6-7H,4-5H2,1-3H3;1-2H3. The highest BCUT2D eigenvalue weighted by atomic mass is 16.5. The summed E-state index contributed by atoms with van der Waals surface area (Å²) in [6.07, 6.45) is 0.468. The molecule has 1 aliphatic rings. The molecule has 68 valence electrons. The number of hydrogen-bond donors (Lipinski definition) is 0. The third-order valence-electron chi connectivity index (χ3n) is 2.03. The average Bonchev–Trinajstić information content (AvgIpc) is 2.33. The molecule has 0 spiro atoms. The second kappa shape index (κ2) is 5.56. The van der Waals surface area contributed by atoms with Crippen molar-refractivity contribution in [2.75, 3.05) is 27.2 Å². The minimum absolute atomic E-state index is 0.468. The summed E-state index contributed by atoms with van der Waals surface area (Å²) in [5.41, 5.74) is 0. The van der Waals surface area contributed by atoms with Crippen LogP contribution in [-0.4, -0.2) is 38.3 Å². The van der Waals surface area contributed by atoms with Gasteiger partial charge in [0.25, 0.3) is 0 Å². The van der Waals surface area contributed by atoms with E-state index in [1.54, 1.807) is 7.11 Å². The summed E-state index contributed by atoms with van der Waals surface area (Å²) in [5, 5.41) is 0. The van der Waals surface area contributed by atoms with Crippen LogP contribution in [0.2, 0.25) is 0 Å². The van der Waals surface area contributed by atoms with Crippen molar-refractivity contribution in [3.05, 3.63) is 0 Å². The van der Waals surface area contributed by atoms with Gasteiger partial charge in [0.05, 0.1) is 6.10 Å². The van der Waals surface area contributed by atoms with Crippen molar-refractivity contribution in [1.82, 2.24) is 4.90 Å². The topological polar surface area (TPSA) is 12.5 Å². The first-order valence-electron chi connectivity index (χ1n) is 4.45. The number of nitrogens with zero attached hydrogens (tertiary/aromatic N) is 1. The second-order valence-electron chi connectivity index (χ2n) is 2.97. The van der Waals surface area contributed by atoms with Crippen molar-refractivity contribution >= 4 is 0 Å². The average molecular weight is 159 g/mol. The number of likely N-dealkylation sites (N-methyl/N-ethyl adjacent to an activating group) is 1. The zero-order chi connectivity index (χ0) is 8.85. The van der Waals surface area contributed by atoms with Crippen LogP contribution in [0.5, 0.6) is 0 Å². The molecule has 0 amide bonds. The molecule has 0 aromatic rings. The first kappa shape index (κ1) is 10.9. The maximum atomic E-state index is 5.25. The number of methoxy groups -OCH3 is 1. The minimum atomic E-state index is 0.468. The van der Waals surface area contributed by atoms with Gasteiger partial charge in [-0.05, 0) is 13.0 Å². The lowest BCUT2D eigenvalue weighted by Gasteiger charge is -2.10. The Morgan fingerprint density at radius 3 is 2.00 bits per heavy atom. The second-order valence-corrected chi connectivity index (χ2v) is 2.97. The molecule has 2 heteroatoms. The molecule has 0 aliphatic carbocycles. The van der Waals surface area contributed by atoms with E-state index in [1.165, 1.54) is 6.54 Å². The van der Waals surface area contributed by atoms with Gasteiger partial charge in [0.2, 0.25) is 0 Å². The Balaban J connectivity index is 0.000000461. The molecule has 1 aliphatic heterocycles. The van der Waals surface area contributed by atoms with Crippen LogP contribution in [0.25, 0.3) is 0 Å². The third-order valence-corrected chi connectivity index (χ3v) is 2.03. The maximum absolute atomic E-state index is 5.25. The number of rotatable bonds is 1. The van der Waals surface area contributed by atoms with Gasteiger partial charge in [-0.2, -0.15) is 0 Å². The van der Waals surface area contributed by atoms with Gasteiger partial charge in [0.15, 0.2) is 0 Å². The van der Waals surface area contributed by atoms with Crippen molar-refractivity contribution in [2.24, 2.45) is 5.92 Å². The fourth-order valence-corrected chi connectivity index (χ4v) is 1.48. The Bertz CT molecular complexity index is 95.6. The van der Waals surface area contributed by atoms with Crippen molar-refractivity contribution in [3.63, 3.8) is 0 Å². The fraction of sp³-hybridized carbons (Fsp3) is 1.00. The lowest BCUT2D eigenvalue weighted by molar-refractivity contribution is 0.0851. The predicted octanol–water partition coefficient (Wildman–Crippen LogP) is 1.61. The zero-order valence-corrected chi connectivity index (χ0v) is 8.42. The van der Waals surface area contributed by atoms with Crippen LogP contribution in [0.1, 0.15) is 20.8 Å². The largest absolute Gasteiger partial charge is 0.380 e. The molecule has 0 bridgehead atoms. The minimum Gasteiger partial charge on any atom is -0.380 e. The number of hydrogen-bond acceptors (Lipinski definition) is 2. The molecule has 0 aromatic carbocycles. The summed E-state index contributed by atoms with van der Waals surface area (Å²) in [5.74, 6) is 0.708. The van der Waals surface area contributed by atoms with Gasteiger partial charge >= 0.3 is 0 Å². The molecule has 1 heterocycles. The quantitative estimate of drug-likeness (QED) is 0.576. The molecule has 2 nitrogen and oxygen atoms in total. The lowest BCUT2D eigenvalue weighted by atomic mass is 10.1. The molecular weight excluding hydrogens is 138 g/mol. The van der Waals surface area contributed by atoms with E-state index in [0.717, 1.165) is 6.54 Å². The van der Waals surface area contributed by atoms with E-state index in [4.69, 9.17) is 4.74 Å². The van der Waals surface area contributed by atoms with E-state index in [9.17, 15) is 0 Å². The van der Waals surface area contributed by atoms with Crippen LogP contribution in [0, 0.1) is 5.92 Å². The first-order chi connectivity index (χ1) is 5.24. The van der Waals surface area contributed by atoms with E-state index < -0.39 is 0 Å². The number of likely N-dealkylation sites (tertiary alicyclic amines) is 1. The summed E-state index contributed by atoms with van der Waals surface area (Å²) >= 11 is 0. The van der Waals surface area contributed by atoms with Crippen molar-refractivity contribution in [1.29, 1.82) is 0 Å². The molecule has 2 atom stereocenters. The SMILES string of the molecule is CC.COC1CN(C)CC1C. The highest BCUT2D eigenvalue weighted by Gasteiger charge is 2.26. The van der Waals surface area contributed by atoms with Crippen LogP contribution < -0.4 is 0 Å². The van der Waals surface area contributed by atoms with Crippen LogP contribution in [-0.2, 0) is 4.74 Å². The summed E-state index contributed by atoms with van der Waals surface area (Å²) in [4.78, 5) is 2.30. The van der Waals surface area contributed by atoms with Crippen LogP contribution in [0.3, 0.4) is 0 Å². The van der Waals surface area contributed by atoms with Crippen LogP contribution in [0.15, 0.2) is 0 Å². The Kier molecular flexibility index (Phi) is 5.51. The molecule has 0 saturated carbocycles. The molecule has 0 radical (unpaired) electrons. The Hall–Kier alpha value is -0.0800. The zero-order valence-electron chi connectivity index (χ0n) is 8.42. The molecule has 1 saturated heterocycles. The fourth-order valence-electron chi connectivity index (χ4n) is 1.48. The van der Waals surface area contributed by atoms with Crippen LogP contribution >= 0.6 is 0 Å².